The molecule has 0 fully saturated rings. The predicted molar refractivity (Wildman–Crippen MR) is 107 cm³/mol. The van der Waals surface area contributed by atoms with Crippen LogP contribution >= 0.6 is 11.6 Å². The molecule has 1 aromatic carbocycles. The van der Waals surface area contributed by atoms with Gasteiger partial charge in [0.25, 0.3) is 5.91 Å². The summed E-state index contributed by atoms with van der Waals surface area (Å²) in [6, 6.07) is 11.8. The van der Waals surface area contributed by atoms with E-state index in [9.17, 15) is 4.79 Å². The molecule has 140 valence electrons. The van der Waals surface area contributed by atoms with Gasteiger partial charge >= 0.3 is 0 Å². The number of carbonyl (C=O) groups is 1. The van der Waals surface area contributed by atoms with Crippen molar-refractivity contribution < 1.29 is 4.79 Å². The molecule has 0 spiro atoms. The van der Waals surface area contributed by atoms with E-state index in [1.165, 1.54) is 0 Å². The Morgan fingerprint density at radius 1 is 1.15 bits per heavy atom. The minimum atomic E-state index is -0.0280. The zero-order valence-corrected chi connectivity index (χ0v) is 16.3. The predicted octanol–water partition coefficient (Wildman–Crippen LogP) is 4.40. The fourth-order valence-corrected chi connectivity index (χ4v) is 2.92. The summed E-state index contributed by atoms with van der Waals surface area (Å²) in [5.74, 6) is -0.0280. The van der Waals surface area contributed by atoms with Gasteiger partial charge in [-0.3, -0.25) is 14.5 Å². The Labute approximate surface area is 164 Å². The molecule has 3 rings (SSSR count). The van der Waals surface area contributed by atoms with E-state index in [2.05, 4.69) is 10.1 Å². The normalized spacial score (nSPS) is 11.0. The van der Waals surface area contributed by atoms with Crippen LogP contribution in [0.1, 0.15) is 41.4 Å². The van der Waals surface area contributed by atoms with Crippen molar-refractivity contribution in [1.82, 2.24) is 19.7 Å². The Bertz CT molecular complexity index is 875. The van der Waals surface area contributed by atoms with Gasteiger partial charge in [0.1, 0.15) is 0 Å². The minimum absolute atomic E-state index is 0.0280. The summed E-state index contributed by atoms with van der Waals surface area (Å²) in [5.41, 5.74) is 2.74. The number of amides is 1. The Hall–Kier alpha value is -2.66. The highest BCUT2D eigenvalue weighted by Gasteiger charge is 2.18. The fourth-order valence-electron chi connectivity index (χ4n) is 2.79. The molecule has 0 N–H and O–H groups in total. The van der Waals surface area contributed by atoms with E-state index in [1.54, 1.807) is 23.3 Å². The summed E-state index contributed by atoms with van der Waals surface area (Å²) in [5, 5.41) is 5.01. The summed E-state index contributed by atoms with van der Waals surface area (Å²) in [6.07, 6.45) is 7.73. The van der Waals surface area contributed by atoms with Crippen LogP contribution in [0.2, 0.25) is 5.02 Å². The average molecular weight is 383 g/mol. The first-order valence-electron chi connectivity index (χ1n) is 8.99. The van der Waals surface area contributed by atoms with Gasteiger partial charge < -0.3 is 4.90 Å². The molecule has 5 nitrogen and oxygen atoms in total. The number of benzene rings is 1. The van der Waals surface area contributed by atoms with E-state index in [4.69, 9.17) is 11.6 Å². The summed E-state index contributed by atoms with van der Waals surface area (Å²) >= 11 is 5.96. The summed E-state index contributed by atoms with van der Waals surface area (Å²) < 4.78 is 1.80. The van der Waals surface area contributed by atoms with E-state index < -0.39 is 0 Å². The number of rotatable bonds is 7. The van der Waals surface area contributed by atoms with Crippen molar-refractivity contribution in [2.24, 2.45) is 0 Å². The van der Waals surface area contributed by atoms with E-state index in [-0.39, 0.29) is 11.9 Å². The summed E-state index contributed by atoms with van der Waals surface area (Å²) in [6.45, 7) is 5.18. The molecule has 1 amide bonds. The third kappa shape index (κ3) is 5.17. The van der Waals surface area contributed by atoms with Gasteiger partial charge in [-0.05, 0) is 49.6 Å². The molecule has 0 radical (unpaired) electrons. The molecule has 2 heterocycles. The molecule has 0 saturated heterocycles. The molecule has 27 heavy (non-hydrogen) atoms. The molecule has 0 saturated carbocycles. The van der Waals surface area contributed by atoms with E-state index in [0.717, 1.165) is 17.5 Å². The smallest absolute Gasteiger partial charge is 0.257 e. The van der Waals surface area contributed by atoms with Gasteiger partial charge in [-0.2, -0.15) is 5.10 Å². The lowest BCUT2D eigenvalue weighted by Gasteiger charge is -2.22. The zero-order valence-electron chi connectivity index (χ0n) is 15.5. The van der Waals surface area contributed by atoms with Gasteiger partial charge in [-0.25, -0.2) is 0 Å². The van der Waals surface area contributed by atoms with Crippen molar-refractivity contribution in [3.63, 3.8) is 0 Å². The van der Waals surface area contributed by atoms with Gasteiger partial charge in [0.05, 0.1) is 11.8 Å². The van der Waals surface area contributed by atoms with Crippen molar-refractivity contribution in [3.8, 4) is 0 Å². The molecule has 0 unspecified atom stereocenters. The third-order valence-electron chi connectivity index (χ3n) is 4.34. The number of aromatic nitrogens is 3. The maximum absolute atomic E-state index is 13.1. The molecule has 0 bridgehead atoms. The lowest BCUT2D eigenvalue weighted by Crippen LogP contribution is -2.32. The molecule has 0 aliphatic carbocycles. The van der Waals surface area contributed by atoms with Crippen molar-refractivity contribution in [1.29, 1.82) is 0 Å². The fraction of sp³-hybridized carbons (Fsp3) is 0.286. The highest BCUT2D eigenvalue weighted by atomic mass is 35.5. The highest BCUT2D eigenvalue weighted by Crippen LogP contribution is 2.14. The van der Waals surface area contributed by atoms with Crippen LogP contribution in [0.3, 0.4) is 0 Å². The first kappa shape index (κ1) is 19.1. The number of pyridine rings is 1. The summed E-state index contributed by atoms with van der Waals surface area (Å²) in [4.78, 5) is 19.1. The zero-order chi connectivity index (χ0) is 19.2. The number of carbonyl (C=O) groups excluding carboxylic acids is 1. The van der Waals surface area contributed by atoms with Crippen molar-refractivity contribution >= 4 is 17.5 Å². The highest BCUT2D eigenvalue weighted by molar-refractivity contribution is 6.30. The quantitative estimate of drug-likeness (QED) is 0.608. The van der Waals surface area contributed by atoms with Gasteiger partial charge in [0.15, 0.2) is 0 Å². The summed E-state index contributed by atoms with van der Waals surface area (Å²) in [7, 11) is 0. The standard InChI is InChI=1S/C21H23ClN4O/c1-16(2)26-15-19(13-24-26)21(27)25(14-18-4-3-10-23-12-18)11-9-17-5-7-20(22)8-6-17/h3-8,10,12-13,15-16H,9,11,14H2,1-2H3. The van der Waals surface area contributed by atoms with Crippen molar-refractivity contribution in [2.75, 3.05) is 6.54 Å². The Morgan fingerprint density at radius 3 is 2.56 bits per heavy atom. The van der Waals surface area contributed by atoms with Crippen molar-refractivity contribution in [2.45, 2.75) is 32.9 Å². The Kier molecular flexibility index (Phi) is 6.24. The second-order valence-corrected chi connectivity index (χ2v) is 7.20. The third-order valence-corrected chi connectivity index (χ3v) is 4.60. The van der Waals surface area contributed by atoms with E-state index >= 15 is 0 Å². The second kappa shape index (κ2) is 8.82. The monoisotopic (exact) mass is 382 g/mol. The van der Waals surface area contributed by atoms with E-state index in [1.807, 2.05) is 61.3 Å². The van der Waals surface area contributed by atoms with Gasteiger partial charge in [0, 0.05) is 42.7 Å². The first-order chi connectivity index (χ1) is 13.0. The first-order valence-corrected chi connectivity index (χ1v) is 9.37. The molecule has 0 aliphatic heterocycles. The van der Waals surface area contributed by atoms with Crippen LogP contribution in [0, 0.1) is 0 Å². The van der Waals surface area contributed by atoms with Crippen LogP contribution in [0.5, 0.6) is 0 Å². The largest absolute Gasteiger partial charge is 0.334 e. The number of hydrogen-bond donors (Lipinski definition) is 0. The van der Waals surface area contributed by atoms with Crippen LogP contribution in [0.25, 0.3) is 0 Å². The maximum Gasteiger partial charge on any atom is 0.257 e. The molecule has 0 atom stereocenters. The van der Waals surface area contributed by atoms with E-state index in [0.29, 0.717) is 23.7 Å². The van der Waals surface area contributed by atoms with Crippen LogP contribution < -0.4 is 0 Å². The van der Waals surface area contributed by atoms with Gasteiger partial charge in [-0.15, -0.1) is 0 Å². The average Bonchev–Trinajstić information content (AvgIpc) is 3.17. The lowest BCUT2D eigenvalue weighted by atomic mass is 10.1. The van der Waals surface area contributed by atoms with Crippen LogP contribution in [0.4, 0.5) is 0 Å². The van der Waals surface area contributed by atoms with Gasteiger partial charge in [-0.1, -0.05) is 29.8 Å². The Morgan fingerprint density at radius 2 is 1.93 bits per heavy atom. The molecule has 3 aromatic rings. The number of halogens is 1. The minimum Gasteiger partial charge on any atom is -0.334 e. The topological polar surface area (TPSA) is 51.0 Å². The Balaban J connectivity index is 1.77. The van der Waals surface area contributed by atoms with Gasteiger partial charge in [0.2, 0.25) is 0 Å². The van der Waals surface area contributed by atoms with Crippen LogP contribution in [-0.4, -0.2) is 32.1 Å². The number of nitrogens with zero attached hydrogens (tertiary/aromatic N) is 4. The molecular weight excluding hydrogens is 360 g/mol. The molecule has 0 aliphatic rings. The number of hydrogen-bond acceptors (Lipinski definition) is 3. The maximum atomic E-state index is 13.1. The molecule has 2 aromatic heterocycles. The van der Waals surface area contributed by atoms with Crippen LogP contribution in [0.15, 0.2) is 61.2 Å². The van der Waals surface area contributed by atoms with Crippen molar-refractivity contribution in [3.05, 3.63) is 82.9 Å². The van der Waals surface area contributed by atoms with Crippen LogP contribution in [-0.2, 0) is 13.0 Å². The SMILES string of the molecule is CC(C)n1cc(C(=O)N(CCc2ccc(Cl)cc2)Cc2cccnc2)cn1. The molecular formula is C21H23ClN4O. The second-order valence-electron chi connectivity index (χ2n) is 6.77. The molecule has 6 heteroatoms. The lowest BCUT2D eigenvalue weighted by molar-refractivity contribution is 0.0745.